The Bertz CT molecular complexity index is 680. The Hall–Kier alpha value is -1.71. The lowest BCUT2D eigenvalue weighted by Crippen LogP contribution is -2.36. The highest BCUT2D eigenvalue weighted by molar-refractivity contribution is 14.0. The van der Waals surface area contributed by atoms with Crippen LogP contribution in [0.15, 0.2) is 47.7 Å². The fourth-order valence-corrected chi connectivity index (χ4v) is 2.12. The molecule has 0 unspecified atom stereocenters. The Morgan fingerprint density at radius 1 is 1.12 bits per heavy atom. The van der Waals surface area contributed by atoms with Crippen LogP contribution in [-0.4, -0.2) is 17.6 Å². The molecule has 0 aliphatic heterocycles. The van der Waals surface area contributed by atoms with Gasteiger partial charge in [-0.3, -0.25) is 4.99 Å². The van der Waals surface area contributed by atoms with Crippen molar-refractivity contribution in [3.63, 3.8) is 0 Å². The number of hydrogen-bond acceptors (Lipinski definition) is 1. The van der Waals surface area contributed by atoms with Crippen molar-refractivity contribution in [3.8, 4) is 0 Å². The maximum Gasteiger partial charge on any atom is 0.416 e. The van der Waals surface area contributed by atoms with Crippen LogP contribution in [0.1, 0.15) is 16.7 Å². The molecule has 4 nitrogen and oxygen atoms in total. The van der Waals surface area contributed by atoms with Crippen molar-refractivity contribution in [2.75, 3.05) is 7.05 Å². The first-order chi connectivity index (χ1) is 10.9. The number of halogens is 4. The predicted octanol–water partition coefficient (Wildman–Crippen LogP) is 3.53. The first-order valence-corrected chi connectivity index (χ1v) is 7.10. The third kappa shape index (κ3) is 6.06. The molecule has 24 heavy (non-hydrogen) atoms. The molecule has 0 saturated carbocycles. The quantitative estimate of drug-likeness (QED) is 0.424. The number of hydrogen-bond donors (Lipinski definition) is 2. The number of nitrogens with one attached hydrogen (secondary N) is 2. The average Bonchev–Trinajstić information content (AvgIpc) is 2.92. The van der Waals surface area contributed by atoms with Crippen LogP contribution in [0, 0.1) is 0 Å². The number of aliphatic imine (C=N–C) groups is 1. The van der Waals surface area contributed by atoms with Crippen LogP contribution in [0.5, 0.6) is 0 Å². The van der Waals surface area contributed by atoms with Gasteiger partial charge in [-0.15, -0.1) is 24.0 Å². The summed E-state index contributed by atoms with van der Waals surface area (Å²) < 4.78 is 40.0. The lowest BCUT2D eigenvalue weighted by molar-refractivity contribution is -0.137. The number of rotatable bonds is 4. The van der Waals surface area contributed by atoms with Gasteiger partial charge in [0.15, 0.2) is 5.96 Å². The summed E-state index contributed by atoms with van der Waals surface area (Å²) in [6.45, 7) is 0.849. The second kappa shape index (κ2) is 8.95. The molecule has 1 aromatic heterocycles. The normalized spacial score (nSPS) is 11.8. The highest BCUT2D eigenvalue weighted by atomic mass is 127. The van der Waals surface area contributed by atoms with Crippen LogP contribution in [0.2, 0.25) is 0 Å². The van der Waals surface area contributed by atoms with E-state index in [0.29, 0.717) is 18.1 Å². The van der Waals surface area contributed by atoms with E-state index in [1.165, 1.54) is 6.07 Å². The molecule has 0 bridgehead atoms. The largest absolute Gasteiger partial charge is 0.416 e. The van der Waals surface area contributed by atoms with E-state index in [0.717, 1.165) is 17.7 Å². The molecule has 2 N–H and O–H groups in total. The zero-order valence-electron chi connectivity index (χ0n) is 13.4. The van der Waals surface area contributed by atoms with Crippen LogP contribution in [-0.2, 0) is 26.3 Å². The van der Waals surface area contributed by atoms with Gasteiger partial charge >= 0.3 is 6.18 Å². The molecule has 2 aromatic rings. The van der Waals surface area contributed by atoms with Crippen molar-refractivity contribution < 1.29 is 13.2 Å². The molecule has 0 fully saturated rings. The second-order valence-corrected chi connectivity index (χ2v) is 5.16. The Labute approximate surface area is 156 Å². The summed E-state index contributed by atoms with van der Waals surface area (Å²) in [4.78, 5) is 4.06. The van der Waals surface area contributed by atoms with E-state index in [4.69, 9.17) is 0 Å². The highest BCUT2D eigenvalue weighted by Gasteiger charge is 2.30. The van der Waals surface area contributed by atoms with Gasteiger partial charge in [-0.2, -0.15) is 13.2 Å². The lowest BCUT2D eigenvalue weighted by atomic mass is 10.1. The molecule has 1 aromatic carbocycles. The maximum atomic E-state index is 12.7. The Kier molecular flexibility index (Phi) is 7.59. The number of nitrogens with zero attached hydrogens (tertiary/aromatic N) is 2. The summed E-state index contributed by atoms with van der Waals surface area (Å²) in [5.41, 5.74) is 0.987. The monoisotopic (exact) mass is 452 g/mol. The SMILES string of the molecule is CN=C(NCc1cccc(C(F)(F)F)c1)NCc1ccn(C)c1.I. The molecule has 0 spiro atoms. The van der Waals surface area contributed by atoms with Gasteiger partial charge in [0.2, 0.25) is 0 Å². The van der Waals surface area contributed by atoms with Gasteiger partial charge in [-0.25, -0.2) is 0 Å². The van der Waals surface area contributed by atoms with E-state index in [2.05, 4.69) is 15.6 Å². The van der Waals surface area contributed by atoms with E-state index in [1.807, 2.05) is 30.1 Å². The average molecular weight is 452 g/mol. The van der Waals surface area contributed by atoms with Gasteiger partial charge in [0.25, 0.3) is 0 Å². The van der Waals surface area contributed by atoms with Crippen molar-refractivity contribution in [3.05, 3.63) is 59.4 Å². The molecular weight excluding hydrogens is 432 g/mol. The van der Waals surface area contributed by atoms with Crippen LogP contribution < -0.4 is 10.6 Å². The molecule has 132 valence electrons. The van der Waals surface area contributed by atoms with Crippen LogP contribution in [0.4, 0.5) is 13.2 Å². The number of alkyl halides is 3. The second-order valence-electron chi connectivity index (χ2n) is 5.16. The number of aromatic nitrogens is 1. The topological polar surface area (TPSA) is 41.4 Å². The van der Waals surface area contributed by atoms with Crippen molar-refractivity contribution in [1.29, 1.82) is 0 Å². The molecule has 0 atom stereocenters. The summed E-state index contributed by atoms with van der Waals surface area (Å²) >= 11 is 0. The molecular formula is C16H20F3IN4. The third-order valence-corrected chi connectivity index (χ3v) is 3.29. The Morgan fingerprint density at radius 3 is 2.33 bits per heavy atom. The number of guanidine groups is 1. The highest BCUT2D eigenvalue weighted by Crippen LogP contribution is 2.29. The zero-order valence-corrected chi connectivity index (χ0v) is 15.7. The van der Waals surface area contributed by atoms with E-state index in [-0.39, 0.29) is 30.5 Å². The minimum absolute atomic E-state index is 0. The molecule has 2 rings (SSSR count). The van der Waals surface area contributed by atoms with E-state index < -0.39 is 11.7 Å². The number of benzene rings is 1. The maximum absolute atomic E-state index is 12.7. The van der Waals surface area contributed by atoms with Gasteiger partial charge in [-0.1, -0.05) is 12.1 Å². The van der Waals surface area contributed by atoms with Gasteiger partial charge in [0.05, 0.1) is 5.56 Å². The molecule has 0 amide bonds. The fraction of sp³-hybridized carbons (Fsp3) is 0.312. The van der Waals surface area contributed by atoms with Crippen molar-refractivity contribution >= 4 is 29.9 Å². The van der Waals surface area contributed by atoms with Crippen LogP contribution >= 0.6 is 24.0 Å². The molecule has 1 heterocycles. The van der Waals surface area contributed by atoms with Gasteiger partial charge in [0, 0.05) is 39.6 Å². The molecule has 0 aliphatic carbocycles. The van der Waals surface area contributed by atoms with Crippen LogP contribution in [0.3, 0.4) is 0 Å². The lowest BCUT2D eigenvalue weighted by Gasteiger charge is -2.13. The van der Waals surface area contributed by atoms with Crippen LogP contribution in [0.25, 0.3) is 0 Å². The van der Waals surface area contributed by atoms with Crippen molar-refractivity contribution in [2.45, 2.75) is 19.3 Å². The zero-order chi connectivity index (χ0) is 16.9. The minimum atomic E-state index is -4.33. The Morgan fingerprint density at radius 2 is 1.79 bits per heavy atom. The van der Waals surface area contributed by atoms with Crippen molar-refractivity contribution in [1.82, 2.24) is 15.2 Å². The minimum Gasteiger partial charge on any atom is -0.357 e. The predicted molar refractivity (Wildman–Crippen MR) is 99.3 cm³/mol. The van der Waals surface area contributed by atoms with E-state index >= 15 is 0 Å². The molecule has 0 aliphatic rings. The van der Waals surface area contributed by atoms with E-state index in [9.17, 15) is 13.2 Å². The molecule has 0 saturated heterocycles. The first kappa shape index (κ1) is 20.3. The third-order valence-electron chi connectivity index (χ3n) is 3.29. The van der Waals surface area contributed by atoms with Gasteiger partial charge in [-0.05, 0) is 29.3 Å². The summed E-state index contributed by atoms with van der Waals surface area (Å²) in [5, 5.41) is 6.12. The Balaban J connectivity index is 0.00000288. The molecule has 0 radical (unpaired) electrons. The number of aryl methyl sites for hydroxylation is 1. The van der Waals surface area contributed by atoms with Crippen molar-refractivity contribution in [2.24, 2.45) is 12.0 Å². The molecule has 8 heteroatoms. The van der Waals surface area contributed by atoms with Gasteiger partial charge < -0.3 is 15.2 Å². The fourth-order valence-electron chi connectivity index (χ4n) is 2.12. The smallest absolute Gasteiger partial charge is 0.357 e. The van der Waals surface area contributed by atoms with Gasteiger partial charge in [0.1, 0.15) is 0 Å². The summed E-state index contributed by atoms with van der Waals surface area (Å²) in [7, 11) is 3.55. The summed E-state index contributed by atoms with van der Waals surface area (Å²) in [6, 6.07) is 7.23. The standard InChI is InChI=1S/C16H19F3N4.HI/c1-20-15(22-10-13-6-7-23(2)11-13)21-9-12-4-3-5-14(8-12)16(17,18)19;/h3-8,11H,9-10H2,1-2H3,(H2,20,21,22);1H. The first-order valence-electron chi connectivity index (χ1n) is 7.10. The summed E-state index contributed by atoms with van der Waals surface area (Å²) in [6.07, 6.45) is -0.411. The van der Waals surface area contributed by atoms with E-state index in [1.54, 1.807) is 13.1 Å². The summed E-state index contributed by atoms with van der Waals surface area (Å²) in [5.74, 6) is 0.534.